The van der Waals surface area contributed by atoms with Gasteiger partial charge in [0.25, 0.3) is 5.91 Å². The van der Waals surface area contributed by atoms with Crippen molar-refractivity contribution >= 4 is 28.8 Å². The molecule has 0 aliphatic rings. The lowest BCUT2D eigenvalue weighted by atomic mass is 10.1. The first-order valence-corrected chi connectivity index (χ1v) is 8.42. The van der Waals surface area contributed by atoms with E-state index in [2.05, 4.69) is 4.99 Å². The van der Waals surface area contributed by atoms with E-state index in [1.165, 1.54) is 35.6 Å². The topological polar surface area (TPSA) is 34.4 Å². The third-order valence-electron chi connectivity index (χ3n) is 3.61. The summed E-state index contributed by atoms with van der Waals surface area (Å²) in [6.07, 6.45) is 0. The number of thiazole rings is 1. The second-order valence-electron chi connectivity index (χ2n) is 5.28. The van der Waals surface area contributed by atoms with Crippen LogP contribution in [0, 0.1) is 12.7 Å². The van der Waals surface area contributed by atoms with Crippen molar-refractivity contribution in [1.82, 2.24) is 4.57 Å². The average molecular weight is 361 g/mol. The minimum Gasteiger partial charge on any atom is -0.319 e. The molecule has 0 unspecified atom stereocenters. The van der Waals surface area contributed by atoms with Crippen LogP contribution in [0.5, 0.6) is 0 Å². The van der Waals surface area contributed by atoms with Gasteiger partial charge in [0.15, 0.2) is 4.80 Å². The van der Waals surface area contributed by atoms with E-state index in [4.69, 9.17) is 11.6 Å². The first-order valence-electron chi connectivity index (χ1n) is 7.22. The molecule has 122 valence electrons. The molecular weight excluding hydrogens is 347 g/mol. The van der Waals surface area contributed by atoms with E-state index in [-0.39, 0.29) is 5.82 Å². The molecule has 1 heterocycles. The van der Waals surface area contributed by atoms with Crippen LogP contribution in [-0.2, 0) is 7.05 Å². The smallest absolute Gasteiger partial charge is 0.279 e. The van der Waals surface area contributed by atoms with Crippen LogP contribution >= 0.6 is 22.9 Å². The van der Waals surface area contributed by atoms with Gasteiger partial charge in [0.2, 0.25) is 0 Å². The fourth-order valence-electron chi connectivity index (χ4n) is 2.43. The third-order valence-corrected chi connectivity index (χ3v) is 4.91. The Morgan fingerprint density at radius 2 is 1.75 bits per heavy atom. The number of carbonyl (C=O) groups excluding carboxylic acids is 1. The number of halogens is 2. The number of aromatic nitrogens is 1. The Bertz CT molecular complexity index is 956. The Labute approximate surface area is 147 Å². The second kappa shape index (κ2) is 6.71. The van der Waals surface area contributed by atoms with Crippen LogP contribution in [0.25, 0.3) is 11.3 Å². The van der Waals surface area contributed by atoms with E-state index in [9.17, 15) is 9.18 Å². The van der Waals surface area contributed by atoms with Gasteiger partial charge in [0.1, 0.15) is 5.82 Å². The molecule has 2 aromatic carbocycles. The molecule has 0 fully saturated rings. The average Bonchev–Trinajstić information content (AvgIpc) is 2.83. The van der Waals surface area contributed by atoms with Crippen molar-refractivity contribution in [1.29, 1.82) is 0 Å². The number of rotatable bonds is 2. The Balaban J connectivity index is 2.03. The predicted octanol–water partition coefficient (Wildman–Crippen LogP) is 4.60. The molecule has 24 heavy (non-hydrogen) atoms. The van der Waals surface area contributed by atoms with E-state index < -0.39 is 5.91 Å². The van der Waals surface area contributed by atoms with Gasteiger partial charge in [-0.1, -0.05) is 23.7 Å². The first kappa shape index (κ1) is 16.6. The third kappa shape index (κ3) is 3.32. The number of benzene rings is 2. The Morgan fingerprint density at radius 3 is 2.38 bits per heavy atom. The molecule has 0 bridgehead atoms. The molecule has 1 amide bonds. The molecule has 0 saturated carbocycles. The SMILES string of the molecule is Cc1sc(=NC(=O)c2ccc(F)cc2)n(C)c1-c1ccc(Cl)cc1. The summed E-state index contributed by atoms with van der Waals surface area (Å²) in [4.78, 5) is 18.1. The summed E-state index contributed by atoms with van der Waals surface area (Å²) in [6, 6.07) is 12.9. The van der Waals surface area contributed by atoms with E-state index in [1.54, 1.807) is 0 Å². The number of hydrogen-bond acceptors (Lipinski definition) is 2. The molecule has 1 aromatic heterocycles. The second-order valence-corrected chi connectivity index (χ2v) is 6.90. The van der Waals surface area contributed by atoms with Crippen molar-refractivity contribution in [3.8, 4) is 11.3 Å². The molecule has 0 aliphatic carbocycles. The fourth-order valence-corrected chi connectivity index (χ4v) is 3.54. The summed E-state index contributed by atoms with van der Waals surface area (Å²) in [6.45, 7) is 1.98. The van der Waals surface area contributed by atoms with Crippen LogP contribution in [0.3, 0.4) is 0 Å². The number of hydrogen-bond donors (Lipinski definition) is 0. The minimum atomic E-state index is -0.394. The molecule has 3 nitrogen and oxygen atoms in total. The Kier molecular flexibility index (Phi) is 4.64. The fraction of sp³-hybridized carbons (Fsp3) is 0.111. The summed E-state index contributed by atoms with van der Waals surface area (Å²) in [5, 5.41) is 0.672. The van der Waals surface area contributed by atoms with E-state index in [0.717, 1.165) is 16.1 Å². The van der Waals surface area contributed by atoms with Gasteiger partial charge in [-0.25, -0.2) is 4.39 Å². The first-order chi connectivity index (χ1) is 11.5. The highest BCUT2D eigenvalue weighted by atomic mass is 35.5. The largest absolute Gasteiger partial charge is 0.319 e. The van der Waals surface area contributed by atoms with E-state index in [1.807, 2.05) is 42.8 Å². The minimum absolute atomic E-state index is 0.357. The van der Waals surface area contributed by atoms with E-state index >= 15 is 0 Å². The summed E-state index contributed by atoms with van der Waals surface area (Å²) < 4.78 is 14.8. The van der Waals surface area contributed by atoms with Gasteiger partial charge >= 0.3 is 0 Å². The highest BCUT2D eigenvalue weighted by Gasteiger charge is 2.11. The summed E-state index contributed by atoms with van der Waals surface area (Å²) >= 11 is 7.37. The molecule has 3 rings (SSSR count). The van der Waals surface area contributed by atoms with Crippen molar-refractivity contribution in [3.05, 3.63) is 74.6 Å². The maximum Gasteiger partial charge on any atom is 0.279 e. The maximum atomic E-state index is 13.0. The number of carbonyl (C=O) groups is 1. The highest BCUT2D eigenvalue weighted by Crippen LogP contribution is 2.25. The normalized spacial score (nSPS) is 11.8. The van der Waals surface area contributed by atoms with Gasteiger partial charge in [-0.05, 0) is 48.9 Å². The van der Waals surface area contributed by atoms with Crippen LogP contribution in [-0.4, -0.2) is 10.5 Å². The summed E-state index contributed by atoms with van der Waals surface area (Å²) in [7, 11) is 1.87. The van der Waals surface area contributed by atoms with Crippen LogP contribution < -0.4 is 4.80 Å². The van der Waals surface area contributed by atoms with Crippen LogP contribution in [0.4, 0.5) is 4.39 Å². The molecule has 0 aliphatic heterocycles. The van der Waals surface area contributed by atoms with Crippen molar-refractivity contribution < 1.29 is 9.18 Å². The van der Waals surface area contributed by atoms with Gasteiger partial charge < -0.3 is 4.57 Å². The lowest BCUT2D eigenvalue weighted by Gasteiger charge is -2.04. The van der Waals surface area contributed by atoms with Crippen molar-refractivity contribution in [3.63, 3.8) is 0 Å². The van der Waals surface area contributed by atoms with Gasteiger partial charge in [-0.15, -0.1) is 11.3 Å². The summed E-state index contributed by atoms with van der Waals surface area (Å²) in [5.41, 5.74) is 2.35. The molecule has 0 spiro atoms. The zero-order valence-electron chi connectivity index (χ0n) is 13.1. The standard InChI is InChI=1S/C18H14ClFN2OS/c1-11-16(12-3-7-14(19)8-4-12)22(2)18(24-11)21-17(23)13-5-9-15(20)10-6-13/h3-10H,1-2H3. The molecular formula is C18H14ClFN2OS. The Morgan fingerprint density at radius 1 is 1.12 bits per heavy atom. The van der Waals surface area contributed by atoms with Gasteiger partial charge in [0, 0.05) is 22.5 Å². The molecule has 0 atom stereocenters. The zero-order valence-corrected chi connectivity index (χ0v) is 14.7. The van der Waals surface area contributed by atoms with Gasteiger partial charge in [-0.2, -0.15) is 4.99 Å². The zero-order chi connectivity index (χ0) is 17.3. The van der Waals surface area contributed by atoms with E-state index in [0.29, 0.717) is 15.4 Å². The molecule has 0 saturated heterocycles. The monoisotopic (exact) mass is 360 g/mol. The lowest BCUT2D eigenvalue weighted by molar-refractivity contribution is 0.0998. The van der Waals surface area contributed by atoms with Crippen molar-refractivity contribution in [2.24, 2.45) is 12.0 Å². The number of amides is 1. The maximum absolute atomic E-state index is 13.0. The molecule has 0 radical (unpaired) electrons. The van der Waals surface area contributed by atoms with Gasteiger partial charge in [0.05, 0.1) is 5.69 Å². The van der Waals surface area contributed by atoms with Crippen molar-refractivity contribution in [2.45, 2.75) is 6.92 Å². The van der Waals surface area contributed by atoms with Crippen LogP contribution in [0.15, 0.2) is 53.5 Å². The van der Waals surface area contributed by atoms with Crippen LogP contribution in [0.2, 0.25) is 5.02 Å². The molecule has 6 heteroatoms. The predicted molar refractivity (Wildman–Crippen MR) is 94.8 cm³/mol. The van der Waals surface area contributed by atoms with Crippen molar-refractivity contribution in [2.75, 3.05) is 0 Å². The quantitative estimate of drug-likeness (QED) is 0.657. The molecule has 3 aromatic rings. The number of aryl methyl sites for hydroxylation is 1. The number of nitrogens with zero attached hydrogens (tertiary/aromatic N) is 2. The lowest BCUT2D eigenvalue weighted by Crippen LogP contribution is -2.14. The van der Waals surface area contributed by atoms with Crippen LogP contribution in [0.1, 0.15) is 15.2 Å². The molecule has 0 N–H and O–H groups in total. The summed E-state index contributed by atoms with van der Waals surface area (Å²) in [5.74, 6) is -0.774. The Hall–Kier alpha value is -2.24. The van der Waals surface area contributed by atoms with Gasteiger partial charge in [-0.3, -0.25) is 4.79 Å². The highest BCUT2D eigenvalue weighted by molar-refractivity contribution is 7.09.